The van der Waals surface area contributed by atoms with Crippen LogP contribution in [0.1, 0.15) is 18.4 Å². The van der Waals surface area contributed by atoms with E-state index in [0.717, 1.165) is 16.5 Å². The normalized spacial score (nSPS) is 15.2. The van der Waals surface area contributed by atoms with Crippen LogP contribution in [-0.2, 0) is 16.6 Å². The number of benzene rings is 2. The first-order valence-corrected chi connectivity index (χ1v) is 11.4. The van der Waals surface area contributed by atoms with Crippen molar-refractivity contribution < 1.29 is 19.4 Å². The molecule has 4 rings (SSSR count). The quantitative estimate of drug-likeness (QED) is 0.341. The monoisotopic (exact) mass is 486 g/mol. The van der Waals surface area contributed by atoms with Crippen molar-refractivity contribution >= 4 is 68.8 Å². The van der Waals surface area contributed by atoms with Crippen LogP contribution < -0.4 is 4.74 Å². The number of aromatic nitrogens is 1. The van der Waals surface area contributed by atoms with Gasteiger partial charge in [0.25, 0.3) is 5.91 Å². The Labute approximate surface area is 199 Å². The van der Waals surface area contributed by atoms with Crippen LogP contribution in [0.2, 0.25) is 5.02 Å². The van der Waals surface area contributed by atoms with Gasteiger partial charge in [0.2, 0.25) is 5.88 Å². The SMILES string of the molecule is Cn1c(Oc2ccc(Cl)cc2)c(/C=C2/SC(=S)N(CCCC(=O)O)C2=O)c2ccccc21. The number of fused-ring (bicyclic) bond motifs is 1. The molecule has 1 aromatic heterocycles. The highest BCUT2D eigenvalue weighted by molar-refractivity contribution is 8.26. The molecule has 164 valence electrons. The van der Waals surface area contributed by atoms with Crippen molar-refractivity contribution in [2.45, 2.75) is 12.8 Å². The maximum absolute atomic E-state index is 13.0. The highest BCUT2D eigenvalue weighted by Gasteiger charge is 2.32. The van der Waals surface area contributed by atoms with E-state index in [0.29, 0.717) is 32.3 Å². The molecule has 6 nitrogen and oxygen atoms in total. The molecule has 0 unspecified atom stereocenters. The molecule has 32 heavy (non-hydrogen) atoms. The fourth-order valence-electron chi connectivity index (χ4n) is 3.49. The molecule has 1 fully saturated rings. The van der Waals surface area contributed by atoms with Crippen molar-refractivity contribution in [1.82, 2.24) is 9.47 Å². The first-order valence-electron chi connectivity index (χ1n) is 9.83. The fourth-order valence-corrected chi connectivity index (χ4v) is 4.90. The number of hydrogen-bond donors (Lipinski definition) is 1. The molecule has 1 aliphatic heterocycles. The average molecular weight is 487 g/mol. The van der Waals surface area contributed by atoms with E-state index in [9.17, 15) is 9.59 Å². The summed E-state index contributed by atoms with van der Waals surface area (Å²) >= 11 is 12.6. The Hall–Kier alpha value is -2.81. The second-order valence-corrected chi connectivity index (χ2v) is 9.29. The summed E-state index contributed by atoms with van der Waals surface area (Å²) in [5.74, 6) is 0.0855. The molecule has 9 heteroatoms. The number of ether oxygens (including phenoxy) is 1. The molecule has 2 heterocycles. The number of aliphatic carboxylic acids is 1. The molecule has 1 N–H and O–H groups in total. The number of rotatable bonds is 7. The molecule has 0 spiro atoms. The Kier molecular flexibility index (Phi) is 6.55. The molecule has 0 aliphatic carbocycles. The van der Waals surface area contributed by atoms with Gasteiger partial charge in [-0.25, -0.2) is 0 Å². The number of aryl methyl sites for hydroxylation is 1. The summed E-state index contributed by atoms with van der Waals surface area (Å²) in [5, 5.41) is 10.4. The van der Waals surface area contributed by atoms with Gasteiger partial charge in [-0.1, -0.05) is 53.8 Å². The minimum absolute atomic E-state index is 0.0154. The first-order chi connectivity index (χ1) is 15.3. The van der Waals surface area contributed by atoms with Gasteiger partial charge in [-0.15, -0.1) is 0 Å². The zero-order valence-electron chi connectivity index (χ0n) is 17.1. The molecule has 0 saturated carbocycles. The van der Waals surface area contributed by atoms with Crippen LogP contribution in [0.3, 0.4) is 0 Å². The molecule has 1 saturated heterocycles. The predicted molar refractivity (Wildman–Crippen MR) is 131 cm³/mol. The Balaban J connectivity index is 1.71. The molecule has 1 aliphatic rings. The van der Waals surface area contributed by atoms with E-state index in [-0.39, 0.29) is 18.9 Å². The zero-order chi connectivity index (χ0) is 22.8. The Bertz CT molecular complexity index is 1250. The number of hydrogen-bond acceptors (Lipinski definition) is 5. The lowest BCUT2D eigenvalue weighted by atomic mass is 10.1. The number of amides is 1. The van der Waals surface area contributed by atoms with Crippen LogP contribution in [0.25, 0.3) is 17.0 Å². The Morgan fingerprint density at radius 1 is 1.22 bits per heavy atom. The zero-order valence-corrected chi connectivity index (χ0v) is 19.5. The van der Waals surface area contributed by atoms with Crippen LogP contribution in [-0.4, -0.2) is 37.3 Å². The summed E-state index contributed by atoms with van der Waals surface area (Å²) < 4.78 is 8.56. The number of para-hydroxylation sites is 1. The van der Waals surface area contributed by atoms with E-state index in [2.05, 4.69) is 0 Å². The third kappa shape index (κ3) is 4.53. The van der Waals surface area contributed by atoms with Gasteiger partial charge >= 0.3 is 5.97 Å². The average Bonchev–Trinajstić information content (AvgIpc) is 3.18. The Morgan fingerprint density at radius 3 is 2.66 bits per heavy atom. The van der Waals surface area contributed by atoms with E-state index >= 15 is 0 Å². The van der Waals surface area contributed by atoms with Crippen molar-refractivity contribution in [3.63, 3.8) is 0 Å². The molecule has 1 amide bonds. The van der Waals surface area contributed by atoms with Crippen LogP contribution in [0.4, 0.5) is 0 Å². The van der Waals surface area contributed by atoms with E-state index in [1.165, 1.54) is 16.7 Å². The summed E-state index contributed by atoms with van der Waals surface area (Å²) in [7, 11) is 1.90. The molecule has 0 radical (unpaired) electrons. The number of carbonyl (C=O) groups is 2. The number of carboxylic acids is 1. The second-order valence-electron chi connectivity index (χ2n) is 7.18. The van der Waals surface area contributed by atoms with Gasteiger partial charge in [-0.2, -0.15) is 0 Å². The number of carbonyl (C=O) groups excluding carboxylic acids is 1. The van der Waals surface area contributed by atoms with Gasteiger partial charge < -0.3 is 14.4 Å². The van der Waals surface area contributed by atoms with Crippen LogP contribution in [0, 0.1) is 0 Å². The van der Waals surface area contributed by atoms with Crippen molar-refractivity contribution in [3.8, 4) is 11.6 Å². The topological polar surface area (TPSA) is 71.8 Å². The summed E-state index contributed by atoms with van der Waals surface area (Å²) in [4.78, 5) is 25.7. The molecule has 0 atom stereocenters. The standard InChI is InChI=1S/C23H19ClN2O4S2/c1-25-18-6-3-2-5-16(18)17(22(25)30-15-10-8-14(24)9-11-15)13-19-21(29)26(23(31)32-19)12-4-7-20(27)28/h2-3,5-6,8-11,13H,4,7,12H2,1H3,(H,27,28)/b19-13+. The van der Waals surface area contributed by atoms with Crippen LogP contribution in [0.5, 0.6) is 11.6 Å². The molecule has 2 aromatic carbocycles. The summed E-state index contributed by atoms with van der Waals surface area (Å²) in [6, 6.07) is 14.9. The van der Waals surface area contributed by atoms with E-state index in [1.54, 1.807) is 30.3 Å². The van der Waals surface area contributed by atoms with E-state index < -0.39 is 5.97 Å². The second kappa shape index (κ2) is 9.36. The van der Waals surface area contributed by atoms with Gasteiger partial charge in [-0.3, -0.25) is 14.5 Å². The number of thioether (sulfide) groups is 1. The van der Waals surface area contributed by atoms with Gasteiger partial charge in [0.05, 0.1) is 10.4 Å². The van der Waals surface area contributed by atoms with E-state index in [1.807, 2.05) is 35.9 Å². The number of halogens is 1. The van der Waals surface area contributed by atoms with Gasteiger partial charge in [0, 0.05) is 36.0 Å². The highest BCUT2D eigenvalue weighted by atomic mass is 35.5. The minimum Gasteiger partial charge on any atom is -0.481 e. The lowest BCUT2D eigenvalue weighted by Gasteiger charge is -2.13. The molecule has 3 aromatic rings. The third-order valence-corrected chi connectivity index (χ3v) is 6.67. The Morgan fingerprint density at radius 2 is 1.94 bits per heavy atom. The predicted octanol–water partition coefficient (Wildman–Crippen LogP) is 5.69. The lowest BCUT2D eigenvalue weighted by Crippen LogP contribution is -2.29. The maximum Gasteiger partial charge on any atom is 0.303 e. The summed E-state index contributed by atoms with van der Waals surface area (Å²) in [5.41, 5.74) is 1.73. The maximum atomic E-state index is 13.0. The van der Waals surface area contributed by atoms with Crippen molar-refractivity contribution in [1.29, 1.82) is 0 Å². The number of thiocarbonyl (C=S) groups is 1. The number of carboxylic acid groups (broad SMARTS) is 1. The van der Waals surface area contributed by atoms with Crippen molar-refractivity contribution in [2.24, 2.45) is 7.05 Å². The summed E-state index contributed by atoms with van der Waals surface area (Å²) in [6.07, 6.45) is 2.12. The summed E-state index contributed by atoms with van der Waals surface area (Å²) in [6.45, 7) is 0.276. The molecular weight excluding hydrogens is 468 g/mol. The van der Waals surface area contributed by atoms with Crippen LogP contribution >= 0.6 is 35.6 Å². The molecular formula is C23H19ClN2O4S2. The van der Waals surface area contributed by atoms with Gasteiger partial charge in [0.15, 0.2) is 0 Å². The van der Waals surface area contributed by atoms with Gasteiger partial charge in [-0.05, 0) is 42.8 Å². The molecule has 0 bridgehead atoms. The van der Waals surface area contributed by atoms with E-state index in [4.69, 9.17) is 33.7 Å². The minimum atomic E-state index is -0.897. The largest absolute Gasteiger partial charge is 0.481 e. The lowest BCUT2D eigenvalue weighted by molar-refractivity contribution is -0.137. The smallest absolute Gasteiger partial charge is 0.303 e. The van der Waals surface area contributed by atoms with Crippen molar-refractivity contribution in [3.05, 3.63) is 64.0 Å². The first kappa shape index (κ1) is 22.4. The number of nitrogens with zero attached hydrogens (tertiary/aromatic N) is 2. The van der Waals surface area contributed by atoms with Crippen LogP contribution in [0.15, 0.2) is 53.4 Å². The van der Waals surface area contributed by atoms with Gasteiger partial charge in [0.1, 0.15) is 10.1 Å². The third-order valence-electron chi connectivity index (χ3n) is 5.04. The van der Waals surface area contributed by atoms with Crippen molar-refractivity contribution in [2.75, 3.05) is 6.54 Å². The fraction of sp³-hybridized carbons (Fsp3) is 0.174. The highest BCUT2D eigenvalue weighted by Crippen LogP contribution is 2.40.